The third kappa shape index (κ3) is 3.46. The molecule has 18 heavy (non-hydrogen) atoms. The summed E-state index contributed by atoms with van der Waals surface area (Å²) in [6.07, 6.45) is 9.73. The van der Waals surface area contributed by atoms with Gasteiger partial charge in [0.05, 0.1) is 0 Å². The van der Waals surface area contributed by atoms with Crippen molar-refractivity contribution in [2.45, 2.75) is 63.1 Å². The van der Waals surface area contributed by atoms with Gasteiger partial charge >= 0.3 is 0 Å². The van der Waals surface area contributed by atoms with Crippen LogP contribution in [0, 0.1) is 0 Å². The van der Waals surface area contributed by atoms with Gasteiger partial charge in [-0.2, -0.15) is 0 Å². The summed E-state index contributed by atoms with van der Waals surface area (Å²) in [5, 5.41) is 3.56. The Morgan fingerprint density at radius 1 is 1.11 bits per heavy atom. The van der Waals surface area contributed by atoms with Crippen molar-refractivity contribution in [2.24, 2.45) is 0 Å². The average Bonchev–Trinajstić information content (AvgIpc) is 2.66. The lowest BCUT2D eigenvalue weighted by molar-refractivity contribution is 0.144. The second kappa shape index (κ2) is 6.88. The van der Waals surface area contributed by atoms with Crippen molar-refractivity contribution in [3.05, 3.63) is 0 Å². The van der Waals surface area contributed by atoms with E-state index < -0.39 is 0 Å². The third-order valence-corrected chi connectivity index (χ3v) is 5.09. The minimum Gasteiger partial charge on any atom is -0.315 e. The van der Waals surface area contributed by atoms with Gasteiger partial charge in [-0.25, -0.2) is 0 Å². The van der Waals surface area contributed by atoms with Crippen LogP contribution >= 0.6 is 0 Å². The van der Waals surface area contributed by atoms with Crippen molar-refractivity contribution in [3.63, 3.8) is 0 Å². The van der Waals surface area contributed by atoms with Gasteiger partial charge in [-0.1, -0.05) is 19.3 Å². The molecule has 0 spiro atoms. The maximum Gasteiger partial charge on any atom is 0.0246 e. The second-order valence-corrected chi connectivity index (χ2v) is 6.32. The summed E-state index contributed by atoms with van der Waals surface area (Å²) in [6.45, 7) is 2.54. The second-order valence-electron chi connectivity index (χ2n) is 6.32. The van der Waals surface area contributed by atoms with Gasteiger partial charge in [0.1, 0.15) is 0 Å². The smallest absolute Gasteiger partial charge is 0.0246 e. The molecule has 1 N–H and O–H groups in total. The molecule has 0 amide bonds. The number of likely N-dealkylation sites (N-methyl/N-ethyl adjacent to an activating group) is 3. The van der Waals surface area contributed by atoms with Crippen molar-refractivity contribution in [2.75, 3.05) is 34.2 Å². The number of hydrogen-bond acceptors (Lipinski definition) is 3. The summed E-state index contributed by atoms with van der Waals surface area (Å²) in [5.41, 5.74) is 0. The van der Waals surface area contributed by atoms with E-state index in [0.29, 0.717) is 6.04 Å². The van der Waals surface area contributed by atoms with Crippen LogP contribution in [0.25, 0.3) is 0 Å². The maximum absolute atomic E-state index is 3.56. The number of hydrogen-bond donors (Lipinski definition) is 1. The van der Waals surface area contributed by atoms with Crippen LogP contribution in [0.5, 0.6) is 0 Å². The zero-order valence-corrected chi connectivity index (χ0v) is 12.5. The van der Waals surface area contributed by atoms with Gasteiger partial charge in [0.25, 0.3) is 0 Å². The molecule has 0 aromatic rings. The molecular formula is C15H31N3. The molecule has 2 fully saturated rings. The molecule has 3 heteroatoms. The molecule has 1 saturated carbocycles. The zero-order chi connectivity index (χ0) is 13.0. The molecule has 2 aliphatic rings. The van der Waals surface area contributed by atoms with Crippen LogP contribution in [0.2, 0.25) is 0 Å². The summed E-state index contributed by atoms with van der Waals surface area (Å²) in [7, 11) is 6.76. The number of nitrogens with one attached hydrogen (secondary N) is 1. The first-order valence-electron chi connectivity index (χ1n) is 7.80. The molecule has 1 saturated heterocycles. The molecule has 3 unspecified atom stereocenters. The standard InChI is InChI=1S/C15H31N3/c1-16-14-9-5-4-6-10-15(14)18(3)12-13-8-7-11-17(13)2/h13-16H,4-12H2,1-3H3. The highest BCUT2D eigenvalue weighted by molar-refractivity contribution is 4.88. The Labute approximate surface area is 113 Å². The van der Waals surface area contributed by atoms with E-state index in [2.05, 4.69) is 36.3 Å². The topological polar surface area (TPSA) is 18.5 Å². The van der Waals surface area contributed by atoms with Crippen LogP contribution in [0.3, 0.4) is 0 Å². The summed E-state index contributed by atoms with van der Waals surface area (Å²) < 4.78 is 0. The van der Waals surface area contributed by atoms with Crippen LogP contribution in [0.1, 0.15) is 44.9 Å². The largest absolute Gasteiger partial charge is 0.315 e. The Bertz CT molecular complexity index is 244. The van der Waals surface area contributed by atoms with Crippen LogP contribution in [-0.4, -0.2) is 62.2 Å². The molecule has 2 rings (SSSR count). The SMILES string of the molecule is CNC1CCCCCC1N(C)CC1CCCN1C. The molecule has 1 aliphatic carbocycles. The predicted octanol–water partition coefficient (Wildman–Crippen LogP) is 1.93. The normalized spacial score (nSPS) is 35.0. The van der Waals surface area contributed by atoms with E-state index in [9.17, 15) is 0 Å². The Kier molecular flexibility index (Phi) is 5.46. The van der Waals surface area contributed by atoms with Gasteiger partial charge in [-0.15, -0.1) is 0 Å². The number of nitrogens with zero attached hydrogens (tertiary/aromatic N) is 2. The minimum atomic E-state index is 0.698. The highest BCUT2D eigenvalue weighted by atomic mass is 15.2. The summed E-state index contributed by atoms with van der Waals surface area (Å²) >= 11 is 0. The molecule has 106 valence electrons. The van der Waals surface area contributed by atoms with Crippen molar-refractivity contribution in [3.8, 4) is 0 Å². The third-order valence-electron chi connectivity index (χ3n) is 5.09. The van der Waals surface area contributed by atoms with E-state index in [1.54, 1.807) is 0 Å². The van der Waals surface area contributed by atoms with Gasteiger partial charge in [0.2, 0.25) is 0 Å². The Hall–Kier alpha value is -0.120. The molecule has 1 heterocycles. The van der Waals surface area contributed by atoms with E-state index in [1.807, 2.05) is 0 Å². The fourth-order valence-corrected chi connectivity index (χ4v) is 3.83. The highest BCUT2D eigenvalue weighted by Gasteiger charge is 2.29. The van der Waals surface area contributed by atoms with Gasteiger partial charge < -0.3 is 15.1 Å². The highest BCUT2D eigenvalue weighted by Crippen LogP contribution is 2.23. The first kappa shape index (κ1) is 14.3. The van der Waals surface area contributed by atoms with Gasteiger partial charge in [0.15, 0.2) is 0 Å². The van der Waals surface area contributed by atoms with Crippen molar-refractivity contribution in [1.82, 2.24) is 15.1 Å². The molecular weight excluding hydrogens is 222 g/mol. The van der Waals surface area contributed by atoms with Crippen LogP contribution in [0.15, 0.2) is 0 Å². The first-order chi connectivity index (χ1) is 8.72. The summed E-state index contributed by atoms with van der Waals surface area (Å²) in [5.74, 6) is 0. The maximum atomic E-state index is 3.56. The van der Waals surface area contributed by atoms with Crippen LogP contribution in [-0.2, 0) is 0 Å². The van der Waals surface area contributed by atoms with E-state index in [-0.39, 0.29) is 0 Å². The summed E-state index contributed by atoms with van der Waals surface area (Å²) in [6, 6.07) is 2.23. The minimum absolute atomic E-state index is 0.698. The first-order valence-corrected chi connectivity index (χ1v) is 7.80. The molecule has 0 radical (unpaired) electrons. The molecule has 1 aliphatic heterocycles. The van der Waals surface area contributed by atoms with Gasteiger partial charge in [-0.3, -0.25) is 0 Å². The van der Waals surface area contributed by atoms with Gasteiger partial charge in [0, 0.05) is 24.7 Å². The van der Waals surface area contributed by atoms with E-state index in [1.165, 1.54) is 58.0 Å². The summed E-state index contributed by atoms with van der Waals surface area (Å²) in [4.78, 5) is 5.18. The molecule has 0 aromatic heterocycles. The quantitative estimate of drug-likeness (QED) is 0.773. The molecule has 3 atom stereocenters. The van der Waals surface area contributed by atoms with Gasteiger partial charge in [-0.05, 0) is 53.4 Å². The van der Waals surface area contributed by atoms with Crippen molar-refractivity contribution < 1.29 is 0 Å². The molecule has 0 bridgehead atoms. The van der Waals surface area contributed by atoms with Crippen molar-refractivity contribution >= 4 is 0 Å². The Balaban J connectivity index is 1.90. The fraction of sp³-hybridized carbons (Fsp3) is 1.00. The lowest BCUT2D eigenvalue weighted by atomic mass is 10.0. The van der Waals surface area contributed by atoms with E-state index in [4.69, 9.17) is 0 Å². The molecule has 3 nitrogen and oxygen atoms in total. The fourth-order valence-electron chi connectivity index (χ4n) is 3.83. The van der Waals surface area contributed by atoms with Crippen LogP contribution in [0.4, 0.5) is 0 Å². The molecule has 0 aromatic carbocycles. The van der Waals surface area contributed by atoms with E-state index in [0.717, 1.165) is 12.1 Å². The average molecular weight is 253 g/mol. The van der Waals surface area contributed by atoms with Crippen molar-refractivity contribution in [1.29, 1.82) is 0 Å². The lowest BCUT2D eigenvalue weighted by Crippen LogP contribution is -2.50. The monoisotopic (exact) mass is 253 g/mol. The van der Waals surface area contributed by atoms with E-state index >= 15 is 0 Å². The number of likely N-dealkylation sites (tertiary alicyclic amines) is 1. The lowest BCUT2D eigenvalue weighted by Gasteiger charge is -2.36. The predicted molar refractivity (Wildman–Crippen MR) is 78.0 cm³/mol. The van der Waals surface area contributed by atoms with Crippen LogP contribution < -0.4 is 5.32 Å². The Morgan fingerprint density at radius 2 is 1.89 bits per heavy atom. The zero-order valence-electron chi connectivity index (χ0n) is 12.5. The number of rotatable bonds is 4. The Morgan fingerprint density at radius 3 is 2.56 bits per heavy atom.